The van der Waals surface area contributed by atoms with Crippen LogP contribution < -0.4 is 0 Å². The number of ether oxygens (including phenoxy) is 2. The summed E-state index contributed by atoms with van der Waals surface area (Å²) in [4.78, 5) is 36.1. The molecule has 33 heavy (non-hydrogen) atoms. The Morgan fingerprint density at radius 3 is 2.27 bits per heavy atom. The topological polar surface area (TPSA) is 69.7 Å². The lowest BCUT2D eigenvalue weighted by Crippen LogP contribution is -2.50. The van der Waals surface area contributed by atoms with E-state index in [9.17, 15) is 27.6 Å². The lowest BCUT2D eigenvalue weighted by molar-refractivity contribution is -0.159. The first-order chi connectivity index (χ1) is 15.3. The van der Waals surface area contributed by atoms with Crippen LogP contribution in [-0.4, -0.2) is 30.0 Å². The third-order valence-electron chi connectivity index (χ3n) is 8.78. The molecule has 0 N–H and O–H groups in total. The molecule has 0 aromatic heterocycles. The average Bonchev–Trinajstić information content (AvgIpc) is 2.96. The van der Waals surface area contributed by atoms with E-state index in [2.05, 4.69) is 17.7 Å². The summed E-state index contributed by atoms with van der Waals surface area (Å²) in [5.74, 6) is -3.23. The zero-order valence-corrected chi connectivity index (χ0v) is 19.5. The van der Waals surface area contributed by atoms with Crippen LogP contribution in [0.15, 0.2) is 23.0 Å². The zero-order chi connectivity index (χ0) is 24.3. The molecule has 6 atom stereocenters. The van der Waals surface area contributed by atoms with Gasteiger partial charge >= 0.3 is 18.1 Å². The molecule has 0 radical (unpaired) electrons. The Morgan fingerprint density at radius 2 is 1.67 bits per heavy atom. The minimum atomic E-state index is -4.90. The molecule has 0 saturated heterocycles. The average molecular weight is 469 g/mol. The SMILES string of the molecule is CC(=O)O/C(=C1\C[C@H]2[C@@H]3CC=C4C[C@@H](OC(C)=O)CC[C@]4(C)[C@H]3CC[C@]2(C)C1=O)C(F)(F)F. The molecule has 3 saturated carbocycles. The number of halogens is 3. The second-order valence-corrected chi connectivity index (χ2v) is 10.6. The molecule has 182 valence electrons. The van der Waals surface area contributed by atoms with Crippen LogP contribution >= 0.6 is 0 Å². The summed E-state index contributed by atoms with van der Waals surface area (Å²) < 4.78 is 51.1. The number of allylic oxidation sites excluding steroid dienone is 3. The Labute approximate surface area is 191 Å². The number of hydrogen-bond acceptors (Lipinski definition) is 5. The first kappa shape index (κ1) is 24.0. The van der Waals surface area contributed by atoms with Gasteiger partial charge < -0.3 is 9.47 Å². The highest BCUT2D eigenvalue weighted by atomic mass is 19.4. The van der Waals surface area contributed by atoms with Crippen molar-refractivity contribution in [3.8, 4) is 0 Å². The van der Waals surface area contributed by atoms with E-state index in [0.717, 1.165) is 26.2 Å². The van der Waals surface area contributed by atoms with Crippen molar-refractivity contribution in [3.05, 3.63) is 23.0 Å². The highest BCUT2D eigenvalue weighted by Gasteiger charge is 2.61. The number of fused-ring (bicyclic) bond motifs is 5. The van der Waals surface area contributed by atoms with Gasteiger partial charge in [0.25, 0.3) is 0 Å². The highest BCUT2D eigenvalue weighted by molar-refractivity contribution is 6.03. The summed E-state index contributed by atoms with van der Waals surface area (Å²) in [5, 5.41) is 0. The molecule has 0 bridgehead atoms. The summed E-state index contributed by atoms with van der Waals surface area (Å²) in [7, 11) is 0. The number of carbonyl (C=O) groups excluding carboxylic acids is 3. The molecule has 3 fully saturated rings. The van der Waals surface area contributed by atoms with Crippen LogP contribution in [0, 0.1) is 28.6 Å². The maximum Gasteiger partial charge on any atom is 0.450 e. The molecule has 8 heteroatoms. The Balaban J connectivity index is 1.67. The maximum atomic E-state index is 13.7. The smallest absolute Gasteiger partial charge is 0.450 e. The van der Waals surface area contributed by atoms with Gasteiger partial charge in [-0.1, -0.05) is 25.5 Å². The molecule has 0 amide bonds. The number of esters is 2. The summed E-state index contributed by atoms with van der Waals surface area (Å²) in [6.45, 7) is 6.32. The lowest BCUT2D eigenvalue weighted by Gasteiger charge is -2.56. The van der Waals surface area contributed by atoms with E-state index in [0.29, 0.717) is 19.3 Å². The van der Waals surface area contributed by atoms with Crippen LogP contribution in [0.3, 0.4) is 0 Å². The minimum absolute atomic E-state index is 0.0199. The summed E-state index contributed by atoms with van der Waals surface area (Å²) in [6, 6.07) is 0. The monoisotopic (exact) mass is 468 g/mol. The van der Waals surface area contributed by atoms with Crippen LogP contribution in [0.1, 0.15) is 72.6 Å². The third-order valence-corrected chi connectivity index (χ3v) is 8.78. The number of hydrogen-bond donors (Lipinski definition) is 0. The van der Waals surface area contributed by atoms with Crippen LogP contribution in [0.5, 0.6) is 0 Å². The molecule has 0 aromatic rings. The molecule has 4 aliphatic carbocycles. The molecule has 0 aliphatic heterocycles. The normalized spacial score (nSPS) is 39.6. The Bertz CT molecular complexity index is 948. The molecule has 0 spiro atoms. The molecule has 4 rings (SSSR count). The van der Waals surface area contributed by atoms with E-state index in [-0.39, 0.29) is 47.2 Å². The fourth-order valence-corrected chi connectivity index (χ4v) is 7.23. The van der Waals surface area contributed by atoms with E-state index < -0.39 is 29.1 Å². The summed E-state index contributed by atoms with van der Waals surface area (Å²) >= 11 is 0. The maximum absolute atomic E-state index is 13.7. The molecule has 0 aromatic carbocycles. The third kappa shape index (κ3) is 3.93. The number of ketones is 1. The van der Waals surface area contributed by atoms with Gasteiger partial charge in [0.2, 0.25) is 5.76 Å². The molecular weight excluding hydrogens is 437 g/mol. The highest BCUT2D eigenvalue weighted by Crippen LogP contribution is 2.65. The molecular formula is C25H31F3O5. The van der Waals surface area contributed by atoms with Crippen LogP contribution in [-0.2, 0) is 23.9 Å². The van der Waals surface area contributed by atoms with E-state index >= 15 is 0 Å². The van der Waals surface area contributed by atoms with Crippen LogP contribution in [0.25, 0.3) is 0 Å². The van der Waals surface area contributed by atoms with Gasteiger partial charge in [-0.2, -0.15) is 13.2 Å². The van der Waals surface area contributed by atoms with Crippen molar-refractivity contribution >= 4 is 17.7 Å². The van der Waals surface area contributed by atoms with Gasteiger partial charge in [0.05, 0.1) is 0 Å². The number of rotatable bonds is 2. The van der Waals surface area contributed by atoms with E-state index in [1.165, 1.54) is 12.5 Å². The number of Topliss-reactive ketones (excluding diaryl/α,β-unsaturated/α-hetero) is 1. The molecule has 0 heterocycles. The van der Waals surface area contributed by atoms with Crippen molar-refractivity contribution in [2.75, 3.05) is 0 Å². The molecule has 0 unspecified atom stereocenters. The summed E-state index contributed by atoms with van der Waals surface area (Å²) in [6.07, 6.45) is 1.38. The second kappa shape index (κ2) is 7.98. The van der Waals surface area contributed by atoms with E-state index in [1.807, 2.05) is 0 Å². The molecule has 4 aliphatic rings. The Morgan fingerprint density at radius 1 is 1.00 bits per heavy atom. The van der Waals surface area contributed by atoms with Gasteiger partial charge in [-0.25, -0.2) is 0 Å². The predicted octanol–water partition coefficient (Wildman–Crippen LogP) is 5.44. The van der Waals surface area contributed by atoms with Crippen LogP contribution in [0.4, 0.5) is 13.2 Å². The summed E-state index contributed by atoms with van der Waals surface area (Å²) in [5.41, 5.74) is -0.117. The van der Waals surface area contributed by atoms with Crippen molar-refractivity contribution in [1.29, 1.82) is 0 Å². The van der Waals surface area contributed by atoms with Crippen molar-refractivity contribution in [2.45, 2.75) is 84.9 Å². The van der Waals surface area contributed by atoms with Crippen molar-refractivity contribution < 1.29 is 37.0 Å². The zero-order valence-electron chi connectivity index (χ0n) is 19.5. The van der Waals surface area contributed by atoms with Crippen molar-refractivity contribution in [1.82, 2.24) is 0 Å². The Hall–Kier alpha value is -2.12. The lowest BCUT2D eigenvalue weighted by atomic mass is 9.48. The fourth-order valence-electron chi connectivity index (χ4n) is 7.23. The van der Waals surface area contributed by atoms with Gasteiger partial charge in [-0.05, 0) is 61.7 Å². The fraction of sp³-hybridized carbons (Fsp3) is 0.720. The first-order valence-corrected chi connectivity index (χ1v) is 11.7. The standard InChI is InChI=1S/C25H31F3O5/c1-13(29)32-16-7-9-23(3)15(11-16)5-6-17-19(23)8-10-24(4)20(17)12-18(21(24)31)22(25(26,27)28)33-14(2)30/h5,16-17,19-20H,6-12H2,1-4H3/b22-18+/t16-,17+,19-,20-,23-,24-/m0/s1. The van der Waals surface area contributed by atoms with E-state index in [4.69, 9.17) is 4.74 Å². The number of carbonyl (C=O) groups is 3. The van der Waals surface area contributed by atoms with Gasteiger partial charge in [-0.15, -0.1) is 0 Å². The van der Waals surface area contributed by atoms with E-state index in [1.54, 1.807) is 6.92 Å². The predicted molar refractivity (Wildman–Crippen MR) is 112 cm³/mol. The van der Waals surface area contributed by atoms with Gasteiger partial charge in [-0.3, -0.25) is 14.4 Å². The minimum Gasteiger partial charge on any atom is -0.462 e. The van der Waals surface area contributed by atoms with Crippen molar-refractivity contribution in [2.24, 2.45) is 28.6 Å². The van der Waals surface area contributed by atoms with Gasteiger partial charge in [0.15, 0.2) is 5.78 Å². The quantitative estimate of drug-likeness (QED) is 0.234. The van der Waals surface area contributed by atoms with Crippen molar-refractivity contribution in [3.63, 3.8) is 0 Å². The first-order valence-electron chi connectivity index (χ1n) is 11.7. The van der Waals surface area contributed by atoms with Crippen LogP contribution in [0.2, 0.25) is 0 Å². The largest absolute Gasteiger partial charge is 0.462 e. The second-order valence-electron chi connectivity index (χ2n) is 10.6. The number of alkyl halides is 3. The van der Waals surface area contributed by atoms with Gasteiger partial charge in [0, 0.05) is 31.3 Å². The van der Waals surface area contributed by atoms with Gasteiger partial charge in [0.1, 0.15) is 6.10 Å². The molecule has 5 nitrogen and oxygen atoms in total. The Kier molecular flexibility index (Phi) is 5.81.